The molecule has 1 N–H and O–H groups in total. The first-order valence-corrected chi connectivity index (χ1v) is 9.19. The summed E-state index contributed by atoms with van der Waals surface area (Å²) in [7, 11) is 1.61. The smallest absolute Gasteiger partial charge is 0.327 e. The SMILES string of the molecule is CCC(C)(C)NC(=O)COC(=O)CN1C(=O)N(C)C2(CCCCC2)C1=O. The summed E-state index contributed by atoms with van der Waals surface area (Å²) < 4.78 is 4.95. The number of hydrogen-bond acceptors (Lipinski definition) is 5. The lowest BCUT2D eigenvalue weighted by Gasteiger charge is -2.35. The van der Waals surface area contributed by atoms with Gasteiger partial charge in [-0.05, 0) is 33.1 Å². The third-order valence-corrected chi connectivity index (χ3v) is 5.50. The summed E-state index contributed by atoms with van der Waals surface area (Å²) in [5.41, 5.74) is -1.21. The third kappa shape index (κ3) is 3.99. The van der Waals surface area contributed by atoms with Crippen molar-refractivity contribution in [1.82, 2.24) is 15.1 Å². The number of hydrogen-bond donors (Lipinski definition) is 1. The maximum absolute atomic E-state index is 12.8. The molecule has 26 heavy (non-hydrogen) atoms. The van der Waals surface area contributed by atoms with Gasteiger partial charge in [-0.25, -0.2) is 4.79 Å². The van der Waals surface area contributed by atoms with E-state index in [1.165, 1.54) is 4.90 Å². The standard InChI is InChI=1S/C18H29N3O5/c1-5-17(2,3)19-13(22)12-26-14(23)11-21-15(24)18(20(4)16(21)25)9-7-6-8-10-18/h5-12H2,1-4H3,(H,19,22). The van der Waals surface area contributed by atoms with E-state index in [0.717, 1.165) is 30.6 Å². The van der Waals surface area contributed by atoms with Crippen molar-refractivity contribution in [2.24, 2.45) is 0 Å². The van der Waals surface area contributed by atoms with Crippen LogP contribution in [0.4, 0.5) is 4.79 Å². The van der Waals surface area contributed by atoms with E-state index in [-0.39, 0.29) is 11.4 Å². The molecular weight excluding hydrogens is 338 g/mol. The van der Waals surface area contributed by atoms with E-state index in [0.29, 0.717) is 12.8 Å². The van der Waals surface area contributed by atoms with Gasteiger partial charge in [-0.3, -0.25) is 19.3 Å². The van der Waals surface area contributed by atoms with Crippen molar-refractivity contribution in [2.75, 3.05) is 20.2 Å². The van der Waals surface area contributed by atoms with E-state index in [1.54, 1.807) is 7.05 Å². The van der Waals surface area contributed by atoms with Gasteiger partial charge in [0.15, 0.2) is 6.61 Å². The molecule has 1 heterocycles. The molecule has 8 nitrogen and oxygen atoms in total. The Kier molecular flexibility index (Phi) is 5.93. The van der Waals surface area contributed by atoms with E-state index < -0.39 is 36.6 Å². The number of urea groups is 1. The van der Waals surface area contributed by atoms with Crippen LogP contribution in [0, 0.1) is 0 Å². The highest BCUT2D eigenvalue weighted by Gasteiger charge is 2.55. The van der Waals surface area contributed by atoms with Crippen molar-refractivity contribution in [1.29, 1.82) is 0 Å². The highest BCUT2D eigenvalue weighted by Crippen LogP contribution is 2.39. The maximum Gasteiger partial charge on any atom is 0.327 e. The lowest BCUT2D eigenvalue weighted by atomic mass is 9.81. The third-order valence-electron chi connectivity index (χ3n) is 5.50. The van der Waals surface area contributed by atoms with Gasteiger partial charge >= 0.3 is 12.0 Å². The molecule has 146 valence electrons. The van der Waals surface area contributed by atoms with Crippen LogP contribution in [0.5, 0.6) is 0 Å². The predicted molar refractivity (Wildman–Crippen MR) is 94.2 cm³/mol. The molecule has 8 heteroatoms. The van der Waals surface area contributed by atoms with Crippen molar-refractivity contribution in [3.05, 3.63) is 0 Å². The largest absolute Gasteiger partial charge is 0.454 e. The van der Waals surface area contributed by atoms with Gasteiger partial charge in [0.1, 0.15) is 12.1 Å². The Morgan fingerprint density at radius 1 is 1.19 bits per heavy atom. The summed E-state index contributed by atoms with van der Waals surface area (Å²) in [6.45, 7) is 4.78. The second-order valence-electron chi connectivity index (χ2n) is 7.77. The van der Waals surface area contributed by atoms with E-state index in [2.05, 4.69) is 5.32 Å². The zero-order chi connectivity index (χ0) is 19.5. The lowest BCUT2D eigenvalue weighted by Crippen LogP contribution is -2.49. The fourth-order valence-corrected chi connectivity index (χ4v) is 3.49. The minimum Gasteiger partial charge on any atom is -0.454 e. The molecule has 0 atom stereocenters. The molecule has 0 aromatic carbocycles. The molecule has 0 aromatic rings. The number of carbonyl (C=O) groups is 4. The molecule has 1 aliphatic heterocycles. The van der Waals surface area contributed by atoms with Crippen LogP contribution in [0.3, 0.4) is 0 Å². The first-order valence-electron chi connectivity index (χ1n) is 9.19. The van der Waals surface area contributed by atoms with Crippen LogP contribution in [0.15, 0.2) is 0 Å². The summed E-state index contributed by atoms with van der Waals surface area (Å²) in [4.78, 5) is 51.5. The molecule has 0 radical (unpaired) electrons. The fourth-order valence-electron chi connectivity index (χ4n) is 3.49. The van der Waals surface area contributed by atoms with Crippen LogP contribution in [-0.2, 0) is 19.1 Å². The van der Waals surface area contributed by atoms with Gasteiger partial charge in [-0.15, -0.1) is 0 Å². The van der Waals surface area contributed by atoms with Gasteiger partial charge in [-0.2, -0.15) is 0 Å². The number of imide groups is 1. The number of nitrogens with one attached hydrogen (secondary N) is 1. The minimum absolute atomic E-state index is 0.335. The lowest BCUT2D eigenvalue weighted by molar-refractivity contribution is -0.151. The van der Waals surface area contributed by atoms with E-state index in [4.69, 9.17) is 4.74 Å². The Labute approximate surface area is 154 Å². The van der Waals surface area contributed by atoms with E-state index >= 15 is 0 Å². The van der Waals surface area contributed by atoms with E-state index in [9.17, 15) is 19.2 Å². The van der Waals surface area contributed by atoms with Crippen LogP contribution in [-0.4, -0.2) is 64.9 Å². The normalized spacial score (nSPS) is 19.8. The summed E-state index contributed by atoms with van der Waals surface area (Å²) in [6.07, 6.45) is 4.78. The van der Waals surface area contributed by atoms with Crippen LogP contribution >= 0.6 is 0 Å². The molecule has 2 aliphatic rings. The highest BCUT2D eigenvalue weighted by molar-refractivity contribution is 6.08. The Morgan fingerprint density at radius 3 is 2.38 bits per heavy atom. The Bertz CT molecular complexity index is 596. The number of esters is 1. The molecule has 0 bridgehead atoms. The Hall–Kier alpha value is -2.12. The summed E-state index contributed by atoms with van der Waals surface area (Å²) in [5.74, 6) is -1.51. The Balaban J connectivity index is 1.91. The van der Waals surface area contributed by atoms with Crippen molar-refractivity contribution in [3.8, 4) is 0 Å². The maximum atomic E-state index is 12.8. The summed E-state index contributed by atoms with van der Waals surface area (Å²) in [6, 6.07) is -0.481. The van der Waals surface area contributed by atoms with Gasteiger partial charge in [0, 0.05) is 12.6 Å². The zero-order valence-electron chi connectivity index (χ0n) is 16.1. The van der Waals surface area contributed by atoms with Crippen LogP contribution in [0.1, 0.15) is 59.3 Å². The average molecular weight is 367 g/mol. The first-order chi connectivity index (χ1) is 12.1. The molecule has 1 spiro atoms. The van der Waals surface area contributed by atoms with Gasteiger partial charge in [0.2, 0.25) is 0 Å². The first kappa shape index (κ1) is 20.2. The summed E-state index contributed by atoms with van der Waals surface area (Å²) >= 11 is 0. The molecule has 0 unspecified atom stereocenters. The summed E-state index contributed by atoms with van der Waals surface area (Å²) in [5, 5.41) is 2.75. The minimum atomic E-state index is -0.821. The van der Waals surface area contributed by atoms with Crippen molar-refractivity contribution < 1.29 is 23.9 Å². The molecule has 4 amide bonds. The number of rotatable bonds is 6. The van der Waals surface area contributed by atoms with Crippen LogP contribution in [0.2, 0.25) is 0 Å². The monoisotopic (exact) mass is 367 g/mol. The quantitative estimate of drug-likeness (QED) is 0.566. The number of nitrogens with zero attached hydrogens (tertiary/aromatic N) is 2. The molecule has 1 saturated heterocycles. The highest BCUT2D eigenvalue weighted by atomic mass is 16.5. The molecule has 2 fully saturated rings. The molecule has 1 aliphatic carbocycles. The average Bonchev–Trinajstić information content (AvgIpc) is 2.77. The second-order valence-corrected chi connectivity index (χ2v) is 7.77. The number of likely N-dealkylation sites (N-methyl/N-ethyl adjacent to an activating group) is 1. The van der Waals surface area contributed by atoms with Crippen molar-refractivity contribution in [3.63, 3.8) is 0 Å². The number of amides is 4. The zero-order valence-corrected chi connectivity index (χ0v) is 16.1. The van der Waals surface area contributed by atoms with Crippen LogP contribution < -0.4 is 5.32 Å². The number of ether oxygens (including phenoxy) is 1. The number of carbonyl (C=O) groups excluding carboxylic acids is 4. The molecule has 2 rings (SSSR count). The Morgan fingerprint density at radius 2 is 1.81 bits per heavy atom. The fraction of sp³-hybridized carbons (Fsp3) is 0.778. The topological polar surface area (TPSA) is 96.0 Å². The van der Waals surface area contributed by atoms with Crippen molar-refractivity contribution >= 4 is 23.8 Å². The second kappa shape index (κ2) is 7.63. The molecule has 0 aromatic heterocycles. The van der Waals surface area contributed by atoms with Gasteiger partial charge in [0.05, 0.1) is 0 Å². The van der Waals surface area contributed by atoms with Crippen LogP contribution in [0.25, 0.3) is 0 Å². The molecule has 1 saturated carbocycles. The van der Waals surface area contributed by atoms with Gasteiger partial charge < -0.3 is 15.0 Å². The predicted octanol–water partition coefficient (Wildman–Crippen LogP) is 1.43. The van der Waals surface area contributed by atoms with Gasteiger partial charge in [-0.1, -0.05) is 26.2 Å². The molecular formula is C18H29N3O5. The van der Waals surface area contributed by atoms with E-state index in [1.807, 2.05) is 20.8 Å². The van der Waals surface area contributed by atoms with Gasteiger partial charge in [0.25, 0.3) is 11.8 Å². The van der Waals surface area contributed by atoms with Crippen molar-refractivity contribution in [2.45, 2.75) is 70.4 Å².